The molecule has 3 N–H and O–H groups in total. The second-order valence-corrected chi connectivity index (χ2v) is 6.42. The van der Waals surface area contributed by atoms with Crippen LogP contribution < -0.4 is 5.32 Å². The van der Waals surface area contributed by atoms with E-state index < -0.39 is 44.8 Å². The molecule has 0 aliphatic heterocycles. The lowest BCUT2D eigenvalue weighted by molar-refractivity contribution is -0.385. The highest BCUT2D eigenvalue weighted by molar-refractivity contribution is 6.33. The summed E-state index contributed by atoms with van der Waals surface area (Å²) in [7, 11) is 0. The number of hydrogen-bond acceptors (Lipinski definition) is 7. The van der Waals surface area contributed by atoms with Gasteiger partial charge in [-0.05, 0) is 37.1 Å². The van der Waals surface area contributed by atoms with Crippen LogP contribution in [0.4, 0.5) is 11.4 Å². The molecule has 0 radical (unpaired) electrons. The normalized spacial score (nSPS) is 14.9. The second-order valence-electron chi connectivity index (χ2n) is 6.42. The van der Waals surface area contributed by atoms with Crippen LogP contribution in [0.5, 0.6) is 11.5 Å². The Bertz CT molecular complexity index is 1130. The van der Waals surface area contributed by atoms with Crippen molar-refractivity contribution in [3.8, 4) is 11.5 Å². The number of aromatic hydroxyl groups is 2. The first-order chi connectivity index (χ1) is 13.4. The zero-order chi connectivity index (χ0) is 20.0. The lowest BCUT2D eigenvalue weighted by atomic mass is 9.81. The van der Waals surface area contributed by atoms with Crippen molar-refractivity contribution in [3.63, 3.8) is 0 Å². The van der Waals surface area contributed by atoms with Gasteiger partial charge >= 0.3 is 0 Å². The summed E-state index contributed by atoms with van der Waals surface area (Å²) < 4.78 is 0. The van der Waals surface area contributed by atoms with Crippen molar-refractivity contribution in [1.82, 2.24) is 0 Å². The molecule has 0 fully saturated rings. The Kier molecular flexibility index (Phi) is 3.96. The monoisotopic (exact) mass is 378 g/mol. The Morgan fingerprint density at radius 2 is 1.54 bits per heavy atom. The molecule has 0 atom stereocenters. The third-order valence-corrected chi connectivity index (χ3v) is 4.72. The molecule has 0 aromatic heterocycles. The summed E-state index contributed by atoms with van der Waals surface area (Å²) in [4.78, 5) is 36.7. The number of nitrogens with one attached hydrogen (secondary N) is 1. The first-order valence-electron chi connectivity index (χ1n) is 8.49. The Hall–Kier alpha value is -3.94. The fraction of sp³-hybridized carbons (Fsp3) is 0.100. The maximum Gasteiger partial charge on any atom is 0.281 e. The standard InChI is InChI=1S/C20H14N2O6/c23-13-8-6-11(21-10-4-2-1-3-5-10)15-17(13)20(26)16-12(22(27)28)7-9-14(24)18(16)19(15)25/h2,4-9,21,23-24H,1,3H2. The smallest absolute Gasteiger partial charge is 0.281 e. The number of nitrogens with zero attached hydrogens (tertiary/aromatic N) is 1. The van der Waals surface area contributed by atoms with Gasteiger partial charge < -0.3 is 15.5 Å². The van der Waals surface area contributed by atoms with Gasteiger partial charge in [-0.2, -0.15) is 0 Å². The number of fused-ring (bicyclic) bond motifs is 2. The molecule has 2 aliphatic carbocycles. The summed E-state index contributed by atoms with van der Waals surface area (Å²) in [6.07, 6.45) is 7.40. The van der Waals surface area contributed by atoms with Crippen LogP contribution in [-0.4, -0.2) is 26.7 Å². The van der Waals surface area contributed by atoms with Crippen molar-refractivity contribution in [2.75, 3.05) is 5.32 Å². The Morgan fingerprint density at radius 1 is 0.893 bits per heavy atom. The fourth-order valence-electron chi connectivity index (χ4n) is 3.47. The number of hydrogen-bond donors (Lipinski definition) is 3. The van der Waals surface area contributed by atoms with Crippen LogP contribution in [-0.2, 0) is 0 Å². The third kappa shape index (κ3) is 2.54. The molecule has 0 saturated carbocycles. The number of anilines is 1. The van der Waals surface area contributed by atoms with E-state index in [9.17, 15) is 29.9 Å². The van der Waals surface area contributed by atoms with Gasteiger partial charge in [-0.3, -0.25) is 19.7 Å². The molecule has 0 saturated heterocycles. The average molecular weight is 378 g/mol. The minimum Gasteiger partial charge on any atom is -0.507 e. The molecule has 0 amide bonds. The zero-order valence-electron chi connectivity index (χ0n) is 14.4. The van der Waals surface area contributed by atoms with E-state index in [1.54, 1.807) is 0 Å². The maximum atomic E-state index is 13.1. The summed E-state index contributed by atoms with van der Waals surface area (Å²) in [6, 6.07) is 4.66. The SMILES string of the molecule is O=C1c2c(O)ccc([N+](=O)[O-])c2C(=O)c2c(O)ccc(NC3=CCCC=C3)c21. The highest BCUT2D eigenvalue weighted by atomic mass is 16.6. The average Bonchev–Trinajstić information content (AvgIpc) is 2.67. The van der Waals surface area contributed by atoms with Gasteiger partial charge in [-0.25, -0.2) is 0 Å². The molecule has 0 spiro atoms. The first-order valence-corrected chi connectivity index (χ1v) is 8.49. The number of nitro benzene ring substituents is 1. The molecule has 8 nitrogen and oxygen atoms in total. The van der Waals surface area contributed by atoms with Gasteiger partial charge in [-0.15, -0.1) is 0 Å². The second kappa shape index (κ2) is 6.34. The fourth-order valence-corrected chi connectivity index (χ4v) is 3.47. The molecule has 2 aliphatic rings. The lowest BCUT2D eigenvalue weighted by Gasteiger charge is -2.22. The van der Waals surface area contributed by atoms with Crippen molar-refractivity contribution < 1.29 is 24.7 Å². The Morgan fingerprint density at radius 3 is 2.18 bits per heavy atom. The van der Waals surface area contributed by atoms with E-state index in [1.165, 1.54) is 12.1 Å². The van der Waals surface area contributed by atoms with E-state index in [1.807, 2.05) is 18.2 Å². The van der Waals surface area contributed by atoms with Gasteiger partial charge in [0.1, 0.15) is 17.1 Å². The van der Waals surface area contributed by atoms with E-state index in [0.717, 1.165) is 25.0 Å². The largest absolute Gasteiger partial charge is 0.507 e. The minimum atomic E-state index is -0.887. The lowest BCUT2D eigenvalue weighted by Crippen LogP contribution is -2.24. The van der Waals surface area contributed by atoms with Gasteiger partial charge in [0.25, 0.3) is 5.69 Å². The van der Waals surface area contributed by atoms with Gasteiger partial charge in [0.05, 0.1) is 27.3 Å². The molecule has 0 bridgehead atoms. The van der Waals surface area contributed by atoms with Crippen LogP contribution in [0.15, 0.2) is 48.2 Å². The van der Waals surface area contributed by atoms with Crippen molar-refractivity contribution in [2.45, 2.75) is 12.8 Å². The third-order valence-electron chi connectivity index (χ3n) is 4.72. The number of benzene rings is 2. The summed E-state index contributed by atoms with van der Waals surface area (Å²) in [5, 5.41) is 34.8. The van der Waals surface area contributed by atoms with Crippen molar-refractivity contribution >= 4 is 22.9 Å². The van der Waals surface area contributed by atoms with Crippen LogP contribution in [0.2, 0.25) is 0 Å². The Labute approximate surface area is 158 Å². The quantitative estimate of drug-likeness (QED) is 0.362. The molecule has 4 rings (SSSR count). The van der Waals surface area contributed by atoms with Crippen LogP contribution in [0.25, 0.3) is 0 Å². The summed E-state index contributed by atoms with van der Waals surface area (Å²) in [6.45, 7) is 0. The number of allylic oxidation sites excluding steroid dienone is 3. The molecule has 0 heterocycles. The summed E-state index contributed by atoms with van der Waals surface area (Å²) >= 11 is 0. The number of carbonyl (C=O) groups excluding carboxylic acids is 2. The van der Waals surface area contributed by atoms with Crippen LogP contribution in [0, 0.1) is 10.1 Å². The molecule has 28 heavy (non-hydrogen) atoms. The van der Waals surface area contributed by atoms with Gasteiger partial charge in [0.2, 0.25) is 11.6 Å². The molecule has 2 aromatic rings. The topological polar surface area (TPSA) is 130 Å². The number of ketones is 2. The Balaban J connectivity index is 1.95. The number of carbonyl (C=O) groups is 2. The number of rotatable bonds is 3. The van der Waals surface area contributed by atoms with Crippen LogP contribution in [0.3, 0.4) is 0 Å². The molecule has 0 unspecified atom stereocenters. The van der Waals surface area contributed by atoms with Gasteiger partial charge in [-0.1, -0.05) is 12.2 Å². The molecular weight excluding hydrogens is 364 g/mol. The van der Waals surface area contributed by atoms with Crippen LogP contribution in [0.1, 0.15) is 44.7 Å². The van der Waals surface area contributed by atoms with Crippen LogP contribution >= 0.6 is 0 Å². The van der Waals surface area contributed by atoms with Crippen molar-refractivity contribution in [2.24, 2.45) is 0 Å². The summed E-state index contributed by atoms with van der Waals surface area (Å²) in [5.41, 5.74) is -1.04. The minimum absolute atomic E-state index is 0.131. The number of phenols is 2. The first kappa shape index (κ1) is 17.5. The van der Waals surface area contributed by atoms with E-state index in [-0.39, 0.29) is 16.8 Å². The van der Waals surface area contributed by atoms with E-state index >= 15 is 0 Å². The van der Waals surface area contributed by atoms with Crippen molar-refractivity contribution in [1.29, 1.82) is 0 Å². The van der Waals surface area contributed by atoms with Gasteiger partial charge in [0, 0.05) is 11.8 Å². The maximum absolute atomic E-state index is 13.1. The highest BCUT2D eigenvalue weighted by Crippen LogP contribution is 2.43. The van der Waals surface area contributed by atoms with Gasteiger partial charge in [0.15, 0.2) is 0 Å². The molecular formula is C20H14N2O6. The molecule has 8 heteroatoms. The number of nitro groups is 1. The molecule has 2 aromatic carbocycles. The highest BCUT2D eigenvalue weighted by Gasteiger charge is 2.40. The molecule has 140 valence electrons. The predicted molar refractivity (Wildman–Crippen MR) is 99.8 cm³/mol. The van der Waals surface area contributed by atoms with E-state index in [2.05, 4.69) is 5.32 Å². The van der Waals surface area contributed by atoms with E-state index in [4.69, 9.17) is 0 Å². The van der Waals surface area contributed by atoms with E-state index in [0.29, 0.717) is 5.70 Å². The number of phenolic OH excluding ortho intramolecular Hbond substituents is 2. The summed E-state index contributed by atoms with van der Waals surface area (Å²) in [5.74, 6) is -2.66. The zero-order valence-corrected chi connectivity index (χ0v) is 14.4. The van der Waals surface area contributed by atoms with Crippen molar-refractivity contribution in [3.05, 3.63) is 80.6 Å². The predicted octanol–water partition coefficient (Wildman–Crippen LogP) is 3.43.